The molecule has 0 amide bonds. The summed E-state index contributed by atoms with van der Waals surface area (Å²) in [6.45, 7) is 8.41. The quantitative estimate of drug-likeness (QED) is 0.0442. The second-order valence-corrected chi connectivity index (χ2v) is 16.8. The predicted molar refractivity (Wildman–Crippen MR) is 159 cm³/mol. The molecule has 50 heavy (non-hydrogen) atoms. The van der Waals surface area contributed by atoms with E-state index >= 15 is 0 Å². The standard InChI is InChI=1S/C30H46O16S2.2K/c1-14(2)9-22(32)44-25-24(46-48(39,40)41)23(45-47(36,37)38)20(13-31)43-28(25)42-17-10-18(27(34)35)19-7-8-30-11-16(15(3)26(30)33)5-6-21(30)29(19,4)12-17;;/h14,16-21,23-26,28,31,33H,3,5-13H2,1-2,4H3,(H,34,35)(H,36,37,38)(H,39,40,41);;/q;2*+1/p-2/t16-,17+,18-,19-,20-,21+,23+,24-,25+,26+,28-,29+,30+;;/m1../s1. The fourth-order valence-corrected chi connectivity index (χ4v) is 10.8. The van der Waals surface area contributed by atoms with Gasteiger partial charge in [0.15, 0.2) is 12.4 Å². The number of rotatable bonds is 11. The summed E-state index contributed by atoms with van der Waals surface area (Å²) in [6, 6.07) is 0. The van der Waals surface area contributed by atoms with Crippen molar-refractivity contribution in [2.45, 2.75) is 115 Å². The Kier molecular flexibility index (Phi) is 15.9. The van der Waals surface area contributed by atoms with Crippen LogP contribution in [0.2, 0.25) is 0 Å². The van der Waals surface area contributed by atoms with Gasteiger partial charge in [-0.15, -0.1) is 0 Å². The Morgan fingerprint density at radius 1 is 1.02 bits per heavy atom. The van der Waals surface area contributed by atoms with Crippen molar-refractivity contribution in [2.75, 3.05) is 6.61 Å². The molecule has 5 fully saturated rings. The number of hydrogen-bond donors (Lipinski definition) is 3. The van der Waals surface area contributed by atoms with Gasteiger partial charge in [0.1, 0.15) is 18.3 Å². The van der Waals surface area contributed by atoms with Gasteiger partial charge in [0.2, 0.25) is 20.8 Å². The van der Waals surface area contributed by atoms with Crippen molar-refractivity contribution in [3.8, 4) is 0 Å². The molecule has 2 bridgehead atoms. The van der Waals surface area contributed by atoms with Crippen molar-refractivity contribution < 1.29 is 176 Å². The van der Waals surface area contributed by atoms with E-state index in [2.05, 4.69) is 14.9 Å². The maximum atomic E-state index is 12.9. The molecule has 0 aromatic rings. The zero-order valence-corrected chi connectivity index (χ0v) is 36.8. The van der Waals surface area contributed by atoms with Crippen molar-refractivity contribution in [3.63, 3.8) is 0 Å². The number of carbonyl (C=O) groups is 2. The average Bonchev–Trinajstić information content (AvgIpc) is 3.12. The predicted octanol–water partition coefficient (Wildman–Crippen LogP) is -5.01. The van der Waals surface area contributed by atoms with Crippen molar-refractivity contribution in [1.29, 1.82) is 0 Å². The van der Waals surface area contributed by atoms with Gasteiger partial charge in [-0.2, -0.15) is 0 Å². The van der Waals surface area contributed by atoms with Crippen molar-refractivity contribution in [3.05, 3.63) is 12.2 Å². The first-order chi connectivity index (χ1) is 22.2. The zero-order chi connectivity index (χ0) is 35.6. The molecule has 4 aliphatic carbocycles. The normalized spacial score (nSPS) is 41.3. The SMILES string of the molecule is C=C1[C@@H]2CC[C@H]3[C@@]4(C)C[C@@H](O[C@@H]5O[C@H](CO)[C@H](OS(=O)(=O)[O-])[C@@H](OS(=O)(=O)[O-])[C@@H]5OC(=O)CC(C)C)C[C@@H](C(=O)O)[C@H]4CC[C@@]3(C2)[C@H]1O.[K+].[K+]. The number of hydrogen-bond acceptors (Lipinski definition) is 15. The number of ether oxygens (including phenoxy) is 3. The molecule has 13 atom stereocenters. The molecule has 3 N–H and O–H groups in total. The van der Waals surface area contributed by atoms with Crippen LogP contribution >= 0.6 is 0 Å². The van der Waals surface area contributed by atoms with Crippen LogP contribution in [0.25, 0.3) is 0 Å². The van der Waals surface area contributed by atoms with Crippen LogP contribution in [0.3, 0.4) is 0 Å². The molecule has 20 heteroatoms. The van der Waals surface area contributed by atoms with Crippen molar-refractivity contribution >= 4 is 32.7 Å². The van der Waals surface area contributed by atoms with Crippen LogP contribution in [0.5, 0.6) is 0 Å². The van der Waals surface area contributed by atoms with E-state index in [0.717, 1.165) is 24.8 Å². The van der Waals surface area contributed by atoms with Gasteiger partial charge in [-0.3, -0.25) is 18.0 Å². The molecule has 1 aliphatic heterocycles. The monoisotopic (exact) mass is 802 g/mol. The number of fused-ring (bicyclic) bond motifs is 3. The second kappa shape index (κ2) is 17.4. The Morgan fingerprint density at radius 2 is 1.64 bits per heavy atom. The molecular formula is C30H44K2O16S2. The first-order valence-electron chi connectivity index (χ1n) is 16.2. The van der Waals surface area contributed by atoms with Crippen LogP contribution in [-0.2, 0) is 53.0 Å². The Hall–Kier alpha value is 1.53. The van der Waals surface area contributed by atoms with Gasteiger partial charge in [0.25, 0.3) is 0 Å². The fraction of sp³-hybridized carbons (Fsp3) is 0.867. The molecule has 1 saturated heterocycles. The van der Waals surface area contributed by atoms with Crippen molar-refractivity contribution in [2.24, 2.45) is 40.4 Å². The molecular weight excluding hydrogens is 759 g/mol. The molecule has 0 radical (unpaired) electrons. The van der Waals surface area contributed by atoms with Crippen LogP contribution < -0.4 is 103 Å². The summed E-state index contributed by atoms with van der Waals surface area (Å²) in [5.74, 6) is -3.38. The van der Waals surface area contributed by atoms with Gasteiger partial charge in [-0.25, -0.2) is 16.8 Å². The van der Waals surface area contributed by atoms with E-state index in [-0.39, 0.29) is 146 Å². The molecule has 0 aromatic carbocycles. The Morgan fingerprint density at radius 3 is 2.20 bits per heavy atom. The number of carboxylic acid groups (broad SMARTS) is 1. The van der Waals surface area contributed by atoms with E-state index in [4.69, 9.17) is 14.2 Å². The summed E-state index contributed by atoms with van der Waals surface area (Å²) in [4.78, 5) is 25.6. The van der Waals surface area contributed by atoms with E-state index in [1.54, 1.807) is 13.8 Å². The third-order valence-electron chi connectivity index (χ3n) is 11.5. The Balaban J connectivity index is 0.00000338. The van der Waals surface area contributed by atoms with Crippen molar-refractivity contribution in [1.82, 2.24) is 0 Å². The van der Waals surface area contributed by atoms with Gasteiger partial charge in [0.05, 0.1) is 24.7 Å². The number of aliphatic hydroxyl groups excluding tert-OH is 2. The van der Waals surface area contributed by atoms with Crippen LogP contribution in [0.4, 0.5) is 0 Å². The third kappa shape index (κ3) is 9.55. The van der Waals surface area contributed by atoms with Crippen LogP contribution in [0.15, 0.2) is 12.2 Å². The maximum absolute atomic E-state index is 12.9. The Bertz CT molecular complexity index is 1490. The van der Waals surface area contributed by atoms with E-state index in [1.165, 1.54) is 0 Å². The van der Waals surface area contributed by atoms with Gasteiger partial charge in [-0.1, -0.05) is 27.4 Å². The maximum Gasteiger partial charge on any atom is 1.00 e. The van der Waals surface area contributed by atoms with Gasteiger partial charge in [0, 0.05) is 11.8 Å². The molecule has 1 heterocycles. The average molecular weight is 803 g/mol. The summed E-state index contributed by atoms with van der Waals surface area (Å²) in [5, 5.41) is 31.9. The smallest absolute Gasteiger partial charge is 0.726 e. The van der Waals surface area contributed by atoms with Crippen LogP contribution in [0.1, 0.15) is 72.1 Å². The van der Waals surface area contributed by atoms with Crippen LogP contribution in [-0.4, -0.2) is 103 Å². The minimum atomic E-state index is -5.69. The third-order valence-corrected chi connectivity index (χ3v) is 12.4. The van der Waals surface area contributed by atoms with Gasteiger partial charge >= 0.3 is 115 Å². The molecule has 274 valence electrons. The van der Waals surface area contributed by atoms with Gasteiger partial charge in [-0.05, 0) is 79.6 Å². The zero-order valence-electron chi connectivity index (χ0n) is 29.0. The summed E-state index contributed by atoms with van der Waals surface area (Å²) in [7, 11) is -11.3. The summed E-state index contributed by atoms with van der Waals surface area (Å²) < 4.78 is 96.9. The minimum absolute atomic E-state index is 0. The number of carboxylic acids is 1. The number of aliphatic carboxylic acids is 1. The molecule has 5 aliphatic rings. The van der Waals surface area contributed by atoms with Crippen LogP contribution in [0, 0.1) is 40.4 Å². The number of carbonyl (C=O) groups excluding carboxylic acids is 1. The van der Waals surface area contributed by atoms with E-state index in [1.807, 2.05) is 6.92 Å². The first-order valence-corrected chi connectivity index (χ1v) is 18.8. The number of esters is 1. The first kappa shape index (κ1) is 45.9. The molecule has 0 unspecified atom stereocenters. The Labute approximate surface area is 377 Å². The van der Waals surface area contributed by atoms with E-state index in [9.17, 15) is 50.8 Å². The largest absolute Gasteiger partial charge is 1.00 e. The van der Waals surface area contributed by atoms with Gasteiger partial charge < -0.3 is 38.6 Å². The molecule has 0 aromatic heterocycles. The molecule has 5 rings (SSSR count). The minimum Gasteiger partial charge on any atom is -0.726 e. The van der Waals surface area contributed by atoms with E-state index < -0.39 is 99.0 Å². The molecule has 1 spiro atoms. The second-order valence-electron chi connectivity index (χ2n) is 14.8. The summed E-state index contributed by atoms with van der Waals surface area (Å²) >= 11 is 0. The summed E-state index contributed by atoms with van der Waals surface area (Å²) in [5.41, 5.74) is -0.359. The number of aliphatic hydroxyl groups is 2. The fourth-order valence-electron chi connectivity index (χ4n) is 9.81. The summed E-state index contributed by atoms with van der Waals surface area (Å²) in [6.07, 6.45) is -8.49. The van der Waals surface area contributed by atoms with E-state index in [0.29, 0.717) is 12.8 Å². The topological polar surface area (TPSA) is 255 Å². The molecule has 4 saturated carbocycles. The molecule has 16 nitrogen and oxygen atoms in total.